The summed E-state index contributed by atoms with van der Waals surface area (Å²) >= 11 is 1.42. The standard InChI is InChI=1S/C13H7N5O2S/c14-6-9-12(18(17-16-9)13-15-3-4-21-13)8-1-2-10-11(5-8)20-7-19-10/h1-5H,7H2. The van der Waals surface area contributed by atoms with Gasteiger partial charge in [0.05, 0.1) is 0 Å². The summed E-state index contributed by atoms with van der Waals surface area (Å²) in [6, 6.07) is 7.51. The van der Waals surface area contributed by atoms with Crippen LogP contribution in [0.1, 0.15) is 5.69 Å². The second kappa shape index (κ2) is 4.57. The van der Waals surface area contributed by atoms with E-state index in [0.29, 0.717) is 22.3 Å². The molecule has 8 heteroatoms. The van der Waals surface area contributed by atoms with Crippen molar-refractivity contribution in [3.63, 3.8) is 0 Å². The number of benzene rings is 1. The van der Waals surface area contributed by atoms with Crippen molar-refractivity contribution in [1.82, 2.24) is 20.0 Å². The Labute approximate surface area is 123 Å². The van der Waals surface area contributed by atoms with E-state index in [1.165, 1.54) is 11.3 Å². The lowest BCUT2D eigenvalue weighted by atomic mass is 10.1. The molecule has 1 aromatic carbocycles. The van der Waals surface area contributed by atoms with E-state index in [9.17, 15) is 5.26 Å². The van der Waals surface area contributed by atoms with Crippen molar-refractivity contribution < 1.29 is 9.47 Å². The Morgan fingerprint density at radius 3 is 3.00 bits per heavy atom. The summed E-state index contributed by atoms with van der Waals surface area (Å²) in [7, 11) is 0. The van der Waals surface area contributed by atoms with E-state index in [2.05, 4.69) is 21.4 Å². The molecule has 0 amide bonds. The lowest BCUT2D eigenvalue weighted by Gasteiger charge is -2.04. The van der Waals surface area contributed by atoms with Crippen molar-refractivity contribution in [3.05, 3.63) is 35.5 Å². The van der Waals surface area contributed by atoms with Crippen molar-refractivity contribution >= 4 is 11.3 Å². The average molecular weight is 297 g/mol. The number of hydrogen-bond acceptors (Lipinski definition) is 7. The highest BCUT2D eigenvalue weighted by molar-refractivity contribution is 7.12. The molecular formula is C13H7N5O2S. The van der Waals surface area contributed by atoms with E-state index in [-0.39, 0.29) is 12.5 Å². The molecule has 4 rings (SSSR count). The van der Waals surface area contributed by atoms with Crippen LogP contribution in [0.4, 0.5) is 0 Å². The van der Waals surface area contributed by atoms with Crippen LogP contribution in [0.3, 0.4) is 0 Å². The Kier molecular flexibility index (Phi) is 2.58. The molecule has 0 unspecified atom stereocenters. The van der Waals surface area contributed by atoms with Crippen molar-refractivity contribution in [2.24, 2.45) is 0 Å². The van der Waals surface area contributed by atoms with E-state index in [4.69, 9.17) is 9.47 Å². The van der Waals surface area contributed by atoms with Gasteiger partial charge in [0, 0.05) is 17.1 Å². The quantitative estimate of drug-likeness (QED) is 0.719. The van der Waals surface area contributed by atoms with Gasteiger partial charge in [-0.05, 0) is 18.2 Å². The van der Waals surface area contributed by atoms with Gasteiger partial charge in [-0.3, -0.25) is 0 Å². The summed E-state index contributed by atoms with van der Waals surface area (Å²) in [6.45, 7) is 0.202. The highest BCUT2D eigenvalue weighted by Crippen LogP contribution is 2.37. The molecule has 0 saturated heterocycles. The van der Waals surface area contributed by atoms with Crippen molar-refractivity contribution in [3.8, 4) is 34.0 Å². The molecule has 2 aromatic heterocycles. The molecule has 1 aliphatic heterocycles. The first-order chi connectivity index (χ1) is 10.4. The largest absolute Gasteiger partial charge is 0.454 e. The van der Waals surface area contributed by atoms with Gasteiger partial charge in [0.1, 0.15) is 11.8 Å². The molecule has 7 nitrogen and oxygen atoms in total. The Morgan fingerprint density at radius 1 is 1.29 bits per heavy atom. The molecular weight excluding hydrogens is 290 g/mol. The molecule has 1 aliphatic rings. The van der Waals surface area contributed by atoms with Crippen molar-refractivity contribution in [2.75, 3.05) is 6.79 Å². The van der Waals surface area contributed by atoms with Crippen LogP contribution < -0.4 is 9.47 Å². The molecule has 102 valence electrons. The fourth-order valence-corrected chi connectivity index (χ4v) is 2.71. The molecule has 3 heterocycles. The normalized spacial score (nSPS) is 12.3. The SMILES string of the molecule is N#Cc1nnn(-c2nccs2)c1-c1ccc2c(c1)OCO2. The molecule has 0 bridgehead atoms. The van der Waals surface area contributed by atoms with Crippen LogP contribution in [0.5, 0.6) is 11.5 Å². The molecule has 0 N–H and O–H groups in total. The van der Waals surface area contributed by atoms with Gasteiger partial charge in [0.2, 0.25) is 11.9 Å². The average Bonchev–Trinajstić information content (AvgIpc) is 3.24. The minimum absolute atomic E-state index is 0.202. The summed E-state index contributed by atoms with van der Waals surface area (Å²) in [5.74, 6) is 1.33. The van der Waals surface area contributed by atoms with E-state index in [1.807, 2.05) is 17.5 Å². The van der Waals surface area contributed by atoms with Crippen LogP contribution in [0, 0.1) is 11.3 Å². The number of thiazole rings is 1. The zero-order valence-corrected chi connectivity index (χ0v) is 11.4. The summed E-state index contributed by atoms with van der Waals surface area (Å²) in [5.41, 5.74) is 1.60. The number of ether oxygens (including phenoxy) is 2. The van der Waals surface area contributed by atoms with Crippen LogP contribution in [-0.4, -0.2) is 26.8 Å². The second-order valence-electron chi connectivity index (χ2n) is 4.19. The first-order valence-electron chi connectivity index (χ1n) is 6.02. The van der Waals surface area contributed by atoms with Gasteiger partial charge in [-0.15, -0.1) is 16.4 Å². The minimum Gasteiger partial charge on any atom is -0.454 e. The molecule has 0 radical (unpaired) electrons. The molecule has 3 aromatic rings. The number of aromatic nitrogens is 4. The Bertz CT molecular complexity index is 850. The Hall–Kier alpha value is -2.92. The fraction of sp³-hybridized carbons (Fsp3) is 0.0769. The van der Waals surface area contributed by atoms with Gasteiger partial charge in [0.25, 0.3) is 0 Å². The zero-order chi connectivity index (χ0) is 14.2. The van der Waals surface area contributed by atoms with Crippen LogP contribution >= 0.6 is 11.3 Å². The summed E-state index contributed by atoms with van der Waals surface area (Å²) in [6.07, 6.45) is 1.68. The number of nitrogens with zero attached hydrogens (tertiary/aromatic N) is 5. The second-order valence-corrected chi connectivity index (χ2v) is 5.07. The maximum atomic E-state index is 9.25. The summed E-state index contributed by atoms with van der Waals surface area (Å²) in [5, 5.41) is 19.7. The predicted molar refractivity (Wildman–Crippen MR) is 73.3 cm³/mol. The summed E-state index contributed by atoms with van der Waals surface area (Å²) < 4.78 is 12.2. The van der Waals surface area contributed by atoms with Crippen LogP contribution in [0.25, 0.3) is 16.4 Å². The predicted octanol–water partition coefficient (Wildman–Crippen LogP) is 1.99. The third-order valence-electron chi connectivity index (χ3n) is 3.02. The molecule has 0 aliphatic carbocycles. The first-order valence-corrected chi connectivity index (χ1v) is 6.90. The molecule has 0 spiro atoms. The van der Waals surface area contributed by atoms with Gasteiger partial charge in [-0.1, -0.05) is 5.21 Å². The third kappa shape index (κ3) is 1.83. The van der Waals surface area contributed by atoms with Gasteiger partial charge in [-0.2, -0.15) is 9.94 Å². The molecule has 21 heavy (non-hydrogen) atoms. The van der Waals surface area contributed by atoms with Crippen LogP contribution in [-0.2, 0) is 0 Å². The van der Waals surface area contributed by atoms with Crippen LogP contribution in [0.2, 0.25) is 0 Å². The third-order valence-corrected chi connectivity index (χ3v) is 3.77. The van der Waals surface area contributed by atoms with Gasteiger partial charge in [-0.25, -0.2) is 4.98 Å². The van der Waals surface area contributed by atoms with E-state index in [1.54, 1.807) is 16.9 Å². The summed E-state index contributed by atoms with van der Waals surface area (Å²) in [4.78, 5) is 4.21. The Morgan fingerprint density at radius 2 is 2.19 bits per heavy atom. The number of rotatable bonds is 2. The lowest BCUT2D eigenvalue weighted by Crippen LogP contribution is -1.99. The monoisotopic (exact) mass is 297 g/mol. The first kappa shape index (κ1) is 11.9. The lowest BCUT2D eigenvalue weighted by molar-refractivity contribution is 0.174. The van der Waals surface area contributed by atoms with E-state index >= 15 is 0 Å². The maximum absolute atomic E-state index is 9.25. The Balaban J connectivity index is 1.92. The van der Waals surface area contributed by atoms with E-state index < -0.39 is 0 Å². The van der Waals surface area contributed by atoms with E-state index in [0.717, 1.165) is 5.56 Å². The maximum Gasteiger partial charge on any atom is 0.231 e. The highest BCUT2D eigenvalue weighted by atomic mass is 32.1. The smallest absolute Gasteiger partial charge is 0.231 e. The number of fused-ring (bicyclic) bond motifs is 1. The fourth-order valence-electron chi connectivity index (χ4n) is 2.11. The van der Waals surface area contributed by atoms with Crippen LogP contribution in [0.15, 0.2) is 29.8 Å². The van der Waals surface area contributed by atoms with Crippen molar-refractivity contribution in [2.45, 2.75) is 0 Å². The minimum atomic E-state index is 0.202. The molecule has 0 saturated carbocycles. The number of hydrogen-bond donors (Lipinski definition) is 0. The van der Waals surface area contributed by atoms with Gasteiger partial charge >= 0.3 is 0 Å². The topological polar surface area (TPSA) is 85.9 Å². The van der Waals surface area contributed by atoms with Gasteiger partial charge < -0.3 is 9.47 Å². The van der Waals surface area contributed by atoms with Gasteiger partial charge in [0.15, 0.2) is 17.2 Å². The zero-order valence-electron chi connectivity index (χ0n) is 10.6. The highest BCUT2D eigenvalue weighted by Gasteiger charge is 2.21. The van der Waals surface area contributed by atoms with Crippen molar-refractivity contribution in [1.29, 1.82) is 5.26 Å². The molecule has 0 atom stereocenters. The molecule has 0 fully saturated rings. The number of nitriles is 1.